The van der Waals surface area contributed by atoms with E-state index in [0.29, 0.717) is 43.7 Å². The molecule has 0 N–H and O–H groups in total. The quantitative estimate of drug-likeness (QED) is 0.535. The van der Waals surface area contributed by atoms with Crippen LogP contribution in [0.4, 0.5) is 14.9 Å². The summed E-state index contributed by atoms with van der Waals surface area (Å²) in [6.07, 6.45) is 1.57. The van der Waals surface area contributed by atoms with E-state index in [4.69, 9.17) is 4.74 Å². The maximum Gasteiger partial charge on any atom is 0.415 e. The van der Waals surface area contributed by atoms with Crippen molar-refractivity contribution in [2.75, 3.05) is 24.5 Å². The van der Waals surface area contributed by atoms with Crippen LogP contribution < -0.4 is 4.90 Å². The van der Waals surface area contributed by atoms with Crippen LogP contribution in [0.15, 0.2) is 78.9 Å². The molecule has 0 radical (unpaired) electrons. The predicted molar refractivity (Wildman–Crippen MR) is 125 cm³/mol. The van der Waals surface area contributed by atoms with Gasteiger partial charge < -0.3 is 9.64 Å². The van der Waals surface area contributed by atoms with Crippen LogP contribution in [-0.2, 0) is 4.74 Å². The van der Waals surface area contributed by atoms with Crippen molar-refractivity contribution in [3.05, 3.63) is 90.2 Å². The molecule has 2 amide bonds. The lowest BCUT2D eigenvalue weighted by Crippen LogP contribution is -2.37. The fraction of sp³-hybridized carbons (Fsp3) is 0.259. The highest BCUT2D eigenvalue weighted by Gasteiger charge is 2.46. The van der Waals surface area contributed by atoms with E-state index in [0.717, 1.165) is 17.5 Å². The summed E-state index contributed by atoms with van der Waals surface area (Å²) < 4.78 is 19.1. The first-order chi connectivity index (χ1) is 16.0. The van der Waals surface area contributed by atoms with E-state index in [1.165, 1.54) is 12.1 Å². The molecule has 5 rings (SSSR count). The van der Waals surface area contributed by atoms with E-state index in [2.05, 4.69) is 0 Å². The van der Waals surface area contributed by atoms with Crippen molar-refractivity contribution >= 4 is 17.7 Å². The number of halogens is 1. The number of hydrogen-bond acceptors (Lipinski definition) is 3. The highest BCUT2D eigenvalue weighted by atomic mass is 19.1. The van der Waals surface area contributed by atoms with E-state index < -0.39 is 11.7 Å². The zero-order valence-corrected chi connectivity index (χ0v) is 18.2. The molecule has 33 heavy (non-hydrogen) atoms. The van der Waals surface area contributed by atoms with Gasteiger partial charge in [0, 0.05) is 30.8 Å². The molecule has 2 saturated heterocycles. The Bertz CT molecular complexity index is 1170. The molecular formula is C27H25FN2O3. The van der Waals surface area contributed by atoms with Crippen molar-refractivity contribution in [1.82, 2.24) is 4.90 Å². The molecule has 3 aromatic carbocycles. The van der Waals surface area contributed by atoms with Gasteiger partial charge in [0.05, 0.1) is 6.54 Å². The Balaban J connectivity index is 1.33. The number of likely N-dealkylation sites (tertiary alicyclic amines) is 1. The second kappa shape index (κ2) is 8.70. The lowest BCUT2D eigenvalue weighted by atomic mass is 9.94. The van der Waals surface area contributed by atoms with Crippen LogP contribution >= 0.6 is 0 Å². The number of anilines is 1. The summed E-state index contributed by atoms with van der Waals surface area (Å²) in [5.74, 6) is -0.355. The predicted octanol–water partition coefficient (Wildman–Crippen LogP) is 5.51. The smallest absolute Gasteiger partial charge is 0.415 e. The molecule has 1 atom stereocenters. The monoisotopic (exact) mass is 444 g/mol. The van der Waals surface area contributed by atoms with Crippen LogP contribution in [0.25, 0.3) is 11.1 Å². The van der Waals surface area contributed by atoms with E-state index >= 15 is 0 Å². The van der Waals surface area contributed by atoms with Crippen LogP contribution in [0.2, 0.25) is 0 Å². The number of rotatable bonds is 3. The topological polar surface area (TPSA) is 49.9 Å². The van der Waals surface area contributed by atoms with E-state index in [9.17, 15) is 14.0 Å². The maximum absolute atomic E-state index is 13.5. The largest absolute Gasteiger partial charge is 0.441 e. The highest BCUT2D eigenvalue weighted by Crippen LogP contribution is 2.36. The van der Waals surface area contributed by atoms with Gasteiger partial charge in [-0.3, -0.25) is 9.69 Å². The number of nitrogens with zero attached hydrogens (tertiary/aromatic N) is 2. The van der Waals surface area contributed by atoms with Crippen molar-refractivity contribution in [3.63, 3.8) is 0 Å². The third kappa shape index (κ3) is 4.21. The van der Waals surface area contributed by atoms with Gasteiger partial charge in [0.2, 0.25) is 0 Å². The molecule has 2 aliphatic rings. The normalized spacial score (nSPS) is 20.6. The Hall–Kier alpha value is -3.67. The Morgan fingerprint density at radius 3 is 2.39 bits per heavy atom. The summed E-state index contributed by atoms with van der Waals surface area (Å²) in [4.78, 5) is 29.5. The number of carbonyl (C=O) groups is 2. The molecule has 168 valence electrons. The van der Waals surface area contributed by atoms with Gasteiger partial charge >= 0.3 is 6.09 Å². The molecule has 2 fully saturated rings. The first-order valence-electron chi connectivity index (χ1n) is 11.2. The second-order valence-corrected chi connectivity index (χ2v) is 8.67. The van der Waals surface area contributed by atoms with Gasteiger partial charge in [-0.2, -0.15) is 0 Å². The van der Waals surface area contributed by atoms with E-state index in [1.807, 2.05) is 59.5 Å². The maximum atomic E-state index is 13.5. The van der Waals surface area contributed by atoms with E-state index in [-0.39, 0.29) is 11.7 Å². The van der Waals surface area contributed by atoms with Crippen molar-refractivity contribution in [2.45, 2.75) is 24.9 Å². The molecule has 0 aliphatic carbocycles. The lowest BCUT2D eigenvalue weighted by molar-refractivity contribution is 0.0439. The average Bonchev–Trinajstić information content (AvgIpc) is 3.03. The molecular weight excluding hydrogens is 419 g/mol. The summed E-state index contributed by atoms with van der Waals surface area (Å²) in [6, 6.07) is 23.4. The second-order valence-electron chi connectivity index (χ2n) is 8.67. The first kappa shape index (κ1) is 21.2. The summed E-state index contributed by atoms with van der Waals surface area (Å²) >= 11 is 0. The van der Waals surface area contributed by atoms with Crippen molar-refractivity contribution in [3.8, 4) is 11.1 Å². The Labute approximate surface area is 192 Å². The molecule has 0 aromatic heterocycles. The molecule has 1 spiro atoms. The molecule has 6 heteroatoms. The Morgan fingerprint density at radius 1 is 0.879 bits per heavy atom. The Morgan fingerprint density at radius 2 is 1.61 bits per heavy atom. The van der Waals surface area contributed by atoms with Gasteiger partial charge in [0.25, 0.3) is 5.91 Å². The zero-order valence-electron chi connectivity index (χ0n) is 18.2. The highest BCUT2D eigenvalue weighted by molar-refractivity contribution is 6.01. The van der Waals surface area contributed by atoms with Gasteiger partial charge in [-0.15, -0.1) is 0 Å². The van der Waals surface area contributed by atoms with Crippen LogP contribution in [0, 0.1) is 5.82 Å². The summed E-state index contributed by atoms with van der Waals surface area (Å²) in [5, 5.41) is 0. The van der Waals surface area contributed by atoms with Gasteiger partial charge in [-0.25, -0.2) is 9.18 Å². The summed E-state index contributed by atoms with van der Waals surface area (Å²) in [7, 11) is 0. The van der Waals surface area contributed by atoms with Crippen molar-refractivity contribution in [1.29, 1.82) is 0 Å². The minimum atomic E-state index is -0.639. The number of benzene rings is 3. The van der Waals surface area contributed by atoms with Crippen molar-refractivity contribution < 1.29 is 18.7 Å². The van der Waals surface area contributed by atoms with Crippen molar-refractivity contribution in [2.24, 2.45) is 0 Å². The van der Waals surface area contributed by atoms with E-state index in [1.54, 1.807) is 17.0 Å². The molecule has 3 aromatic rings. The van der Waals surface area contributed by atoms with Crippen LogP contribution in [0.3, 0.4) is 0 Å². The van der Waals surface area contributed by atoms with Crippen LogP contribution in [-0.4, -0.2) is 42.1 Å². The van der Waals surface area contributed by atoms with Crippen LogP contribution in [0.1, 0.15) is 29.6 Å². The Kier molecular flexibility index (Phi) is 5.58. The first-order valence-corrected chi connectivity index (χ1v) is 11.2. The average molecular weight is 445 g/mol. The molecule has 0 bridgehead atoms. The molecule has 2 aliphatic heterocycles. The fourth-order valence-electron chi connectivity index (χ4n) is 4.78. The van der Waals surface area contributed by atoms with Crippen LogP contribution in [0.5, 0.6) is 0 Å². The van der Waals surface area contributed by atoms with Gasteiger partial charge in [-0.05, 0) is 54.3 Å². The third-order valence-corrected chi connectivity index (χ3v) is 6.54. The fourth-order valence-corrected chi connectivity index (χ4v) is 4.78. The standard InChI is InChI=1S/C27H25FN2O3/c28-21-11-13-22(14-12-21)30-19-27(33-26(30)32)15-6-17-29(18-16-27)25(31)24-10-5-4-9-23(24)20-7-2-1-3-8-20/h1-5,7-14H,6,15-19H2/t27-/m0/s1. The number of carbonyl (C=O) groups excluding carboxylic acids is 2. The minimum absolute atomic E-state index is 0.00813. The SMILES string of the molecule is O=C(c1ccccc1-c1ccccc1)N1CCC[C@]2(CC1)CN(c1ccc(F)cc1)C(=O)O2. The molecule has 5 nitrogen and oxygen atoms in total. The number of amides is 2. The summed E-state index contributed by atoms with van der Waals surface area (Å²) in [6.45, 7) is 1.52. The van der Waals surface area contributed by atoms with Gasteiger partial charge in [0.15, 0.2) is 0 Å². The number of ether oxygens (including phenoxy) is 1. The van der Waals surface area contributed by atoms with Gasteiger partial charge in [0.1, 0.15) is 11.4 Å². The third-order valence-electron chi connectivity index (χ3n) is 6.54. The lowest BCUT2D eigenvalue weighted by Gasteiger charge is -2.26. The molecule has 0 saturated carbocycles. The molecule has 2 heterocycles. The minimum Gasteiger partial charge on any atom is -0.441 e. The summed E-state index contributed by atoms with van der Waals surface area (Å²) in [5.41, 5.74) is 2.58. The molecule has 0 unspecified atom stereocenters. The van der Waals surface area contributed by atoms with Gasteiger partial charge in [-0.1, -0.05) is 48.5 Å². The zero-order chi connectivity index (χ0) is 22.8. The number of hydrogen-bond donors (Lipinski definition) is 0.